The van der Waals surface area contributed by atoms with Crippen LogP contribution in [0.3, 0.4) is 0 Å². The standard InChI is InChI=1S/C17H35N3/c1-14(2)19-8-10-20(11-9-19)17(13-18)7-6-16(4,5)12-15(17)3/h14-15H,6-13,18H2,1-5H3. The second-order valence-corrected chi connectivity index (χ2v) is 8.19. The van der Waals surface area contributed by atoms with Gasteiger partial charge in [-0.25, -0.2) is 0 Å². The summed E-state index contributed by atoms with van der Waals surface area (Å²) < 4.78 is 0. The first kappa shape index (κ1) is 16.3. The first-order valence-electron chi connectivity index (χ1n) is 8.50. The second kappa shape index (κ2) is 5.94. The molecule has 3 nitrogen and oxygen atoms in total. The Kier molecular flexibility index (Phi) is 4.83. The van der Waals surface area contributed by atoms with Gasteiger partial charge in [-0.2, -0.15) is 0 Å². The predicted molar refractivity (Wildman–Crippen MR) is 86.9 cm³/mol. The summed E-state index contributed by atoms with van der Waals surface area (Å²) in [5.74, 6) is 0.710. The molecular formula is C17H35N3. The molecule has 2 fully saturated rings. The molecule has 0 amide bonds. The number of nitrogens with zero attached hydrogens (tertiary/aromatic N) is 2. The monoisotopic (exact) mass is 281 g/mol. The Morgan fingerprint density at radius 1 is 1.10 bits per heavy atom. The van der Waals surface area contributed by atoms with Crippen LogP contribution in [0.4, 0.5) is 0 Å². The fourth-order valence-corrected chi connectivity index (χ4v) is 4.51. The molecule has 2 atom stereocenters. The van der Waals surface area contributed by atoms with Crippen molar-refractivity contribution >= 4 is 0 Å². The van der Waals surface area contributed by atoms with Gasteiger partial charge in [0, 0.05) is 44.3 Å². The fourth-order valence-electron chi connectivity index (χ4n) is 4.51. The summed E-state index contributed by atoms with van der Waals surface area (Å²) >= 11 is 0. The maximum Gasteiger partial charge on any atom is 0.0358 e. The molecule has 0 spiro atoms. The van der Waals surface area contributed by atoms with Crippen molar-refractivity contribution in [3.8, 4) is 0 Å². The van der Waals surface area contributed by atoms with Gasteiger partial charge in [0.05, 0.1) is 0 Å². The minimum atomic E-state index is 0.262. The number of nitrogens with two attached hydrogens (primary N) is 1. The molecule has 1 aliphatic carbocycles. The van der Waals surface area contributed by atoms with Crippen LogP contribution in [0.1, 0.15) is 53.9 Å². The summed E-state index contributed by atoms with van der Waals surface area (Å²) in [6.45, 7) is 17.5. The van der Waals surface area contributed by atoms with Crippen molar-refractivity contribution in [1.29, 1.82) is 0 Å². The molecule has 2 N–H and O–H groups in total. The van der Waals surface area contributed by atoms with Crippen molar-refractivity contribution in [3.05, 3.63) is 0 Å². The van der Waals surface area contributed by atoms with Crippen molar-refractivity contribution in [2.24, 2.45) is 17.1 Å². The minimum Gasteiger partial charge on any atom is -0.329 e. The molecule has 2 aliphatic rings. The minimum absolute atomic E-state index is 0.262. The van der Waals surface area contributed by atoms with E-state index in [1.165, 1.54) is 45.4 Å². The van der Waals surface area contributed by atoms with Gasteiger partial charge >= 0.3 is 0 Å². The van der Waals surface area contributed by atoms with Crippen LogP contribution in [-0.4, -0.2) is 54.1 Å². The molecule has 1 saturated heterocycles. The summed E-state index contributed by atoms with van der Waals surface area (Å²) in [6.07, 6.45) is 3.91. The van der Waals surface area contributed by atoms with Crippen LogP contribution in [0.15, 0.2) is 0 Å². The first-order valence-corrected chi connectivity index (χ1v) is 8.50. The SMILES string of the molecule is CC(C)N1CCN(C2(CN)CCC(C)(C)CC2C)CC1. The molecule has 1 heterocycles. The van der Waals surface area contributed by atoms with Crippen molar-refractivity contribution in [2.45, 2.75) is 65.5 Å². The smallest absolute Gasteiger partial charge is 0.0358 e. The highest BCUT2D eigenvalue weighted by Gasteiger charge is 2.47. The van der Waals surface area contributed by atoms with Gasteiger partial charge < -0.3 is 5.73 Å². The number of hydrogen-bond donors (Lipinski definition) is 1. The van der Waals surface area contributed by atoms with Gasteiger partial charge in [0.25, 0.3) is 0 Å². The maximum atomic E-state index is 6.29. The third-order valence-electron chi connectivity index (χ3n) is 6.04. The largest absolute Gasteiger partial charge is 0.329 e. The topological polar surface area (TPSA) is 32.5 Å². The highest BCUT2D eigenvalue weighted by atomic mass is 15.3. The summed E-state index contributed by atoms with van der Waals surface area (Å²) in [5, 5.41) is 0. The maximum absolute atomic E-state index is 6.29. The Bertz CT molecular complexity index is 318. The Morgan fingerprint density at radius 3 is 2.15 bits per heavy atom. The zero-order valence-electron chi connectivity index (χ0n) is 14.3. The van der Waals surface area contributed by atoms with E-state index in [1.807, 2.05) is 0 Å². The molecule has 118 valence electrons. The highest BCUT2D eigenvalue weighted by Crippen LogP contribution is 2.46. The normalized spacial score (nSPS) is 36.5. The lowest BCUT2D eigenvalue weighted by Crippen LogP contribution is -2.65. The lowest BCUT2D eigenvalue weighted by molar-refractivity contribution is -0.0486. The molecule has 0 radical (unpaired) electrons. The Morgan fingerprint density at radius 2 is 1.70 bits per heavy atom. The third-order valence-corrected chi connectivity index (χ3v) is 6.04. The van der Waals surface area contributed by atoms with Gasteiger partial charge in [-0.1, -0.05) is 20.8 Å². The molecule has 0 aromatic rings. The van der Waals surface area contributed by atoms with E-state index in [9.17, 15) is 0 Å². The third kappa shape index (κ3) is 3.05. The van der Waals surface area contributed by atoms with Crippen LogP contribution >= 0.6 is 0 Å². The summed E-state index contributed by atoms with van der Waals surface area (Å²) in [5.41, 5.74) is 7.05. The van der Waals surface area contributed by atoms with E-state index >= 15 is 0 Å². The summed E-state index contributed by atoms with van der Waals surface area (Å²) in [4.78, 5) is 5.32. The van der Waals surface area contributed by atoms with Gasteiger partial charge in [0.1, 0.15) is 0 Å². The molecule has 20 heavy (non-hydrogen) atoms. The van der Waals surface area contributed by atoms with Crippen molar-refractivity contribution in [2.75, 3.05) is 32.7 Å². The van der Waals surface area contributed by atoms with E-state index in [4.69, 9.17) is 5.73 Å². The number of piperazine rings is 1. The Balaban J connectivity index is 2.05. The van der Waals surface area contributed by atoms with Crippen LogP contribution < -0.4 is 5.73 Å². The van der Waals surface area contributed by atoms with E-state index in [0.717, 1.165) is 6.54 Å². The molecule has 3 heteroatoms. The van der Waals surface area contributed by atoms with Crippen LogP contribution in [-0.2, 0) is 0 Å². The number of hydrogen-bond acceptors (Lipinski definition) is 3. The zero-order valence-corrected chi connectivity index (χ0v) is 14.3. The lowest BCUT2D eigenvalue weighted by Gasteiger charge is -2.56. The Hall–Kier alpha value is -0.120. The quantitative estimate of drug-likeness (QED) is 0.863. The van der Waals surface area contributed by atoms with Gasteiger partial charge in [-0.05, 0) is 44.4 Å². The molecule has 0 aromatic heterocycles. The van der Waals surface area contributed by atoms with Gasteiger partial charge in [-0.3, -0.25) is 9.80 Å². The Labute approximate surface area is 125 Å². The van der Waals surface area contributed by atoms with E-state index in [-0.39, 0.29) is 5.54 Å². The van der Waals surface area contributed by atoms with Crippen molar-refractivity contribution in [3.63, 3.8) is 0 Å². The highest BCUT2D eigenvalue weighted by molar-refractivity contribution is 5.03. The lowest BCUT2D eigenvalue weighted by atomic mass is 9.63. The molecule has 1 aliphatic heterocycles. The van der Waals surface area contributed by atoms with Crippen molar-refractivity contribution in [1.82, 2.24) is 9.80 Å². The molecular weight excluding hydrogens is 246 g/mol. The first-order chi connectivity index (χ1) is 9.31. The van der Waals surface area contributed by atoms with E-state index in [0.29, 0.717) is 17.4 Å². The average Bonchev–Trinajstić information content (AvgIpc) is 2.39. The van der Waals surface area contributed by atoms with E-state index < -0.39 is 0 Å². The molecule has 0 bridgehead atoms. The van der Waals surface area contributed by atoms with Crippen molar-refractivity contribution < 1.29 is 0 Å². The molecule has 2 rings (SSSR count). The summed E-state index contributed by atoms with van der Waals surface area (Å²) in [7, 11) is 0. The van der Waals surface area contributed by atoms with Crippen LogP contribution in [0.2, 0.25) is 0 Å². The molecule has 1 saturated carbocycles. The zero-order chi connectivity index (χ0) is 15.0. The van der Waals surface area contributed by atoms with Crippen LogP contribution in [0.5, 0.6) is 0 Å². The van der Waals surface area contributed by atoms with Gasteiger partial charge in [-0.15, -0.1) is 0 Å². The predicted octanol–water partition coefficient (Wildman–Crippen LogP) is 2.56. The molecule has 0 aromatic carbocycles. The molecule has 2 unspecified atom stereocenters. The van der Waals surface area contributed by atoms with Crippen LogP contribution in [0, 0.1) is 11.3 Å². The van der Waals surface area contributed by atoms with Gasteiger partial charge in [0.2, 0.25) is 0 Å². The van der Waals surface area contributed by atoms with E-state index in [1.54, 1.807) is 0 Å². The fraction of sp³-hybridized carbons (Fsp3) is 1.00. The van der Waals surface area contributed by atoms with Crippen LogP contribution in [0.25, 0.3) is 0 Å². The van der Waals surface area contributed by atoms with Gasteiger partial charge in [0.15, 0.2) is 0 Å². The number of rotatable bonds is 3. The summed E-state index contributed by atoms with van der Waals surface area (Å²) in [6, 6.07) is 0.675. The van der Waals surface area contributed by atoms with E-state index in [2.05, 4.69) is 44.4 Å². The second-order valence-electron chi connectivity index (χ2n) is 8.19. The average molecular weight is 281 g/mol.